The molecule has 5 nitrogen and oxygen atoms in total. The van der Waals surface area contributed by atoms with Gasteiger partial charge in [0.25, 0.3) is 0 Å². The van der Waals surface area contributed by atoms with E-state index >= 15 is 0 Å². The number of hydrogen-bond acceptors (Lipinski definition) is 8. The molecule has 5 heterocycles. The van der Waals surface area contributed by atoms with Gasteiger partial charge in [-0.25, -0.2) is 24.9 Å². The molecule has 8 heteroatoms. The van der Waals surface area contributed by atoms with Gasteiger partial charge in [0, 0.05) is 78.2 Å². The number of thiophene rings is 3. The maximum atomic E-state index is 5.36. The predicted octanol–water partition coefficient (Wildman–Crippen LogP) is 14.1. The molecule has 0 aliphatic rings. The van der Waals surface area contributed by atoms with Crippen LogP contribution in [0, 0.1) is 0 Å². The molecule has 0 amide bonds. The molecule has 266 valence electrons. The molecule has 0 saturated carbocycles. The molecule has 7 aromatic carbocycles. The minimum absolute atomic E-state index is 0.642. The van der Waals surface area contributed by atoms with Gasteiger partial charge in [-0.15, -0.1) is 34.0 Å². The van der Waals surface area contributed by atoms with Gasteiger partial charge in [-0.1, -0.05) is 133 Å². The van der Waals surface area contributed by atoms with Gasteiger partial charge in [-0.2, -0.15) is 0 Å². The van der Waals surface area contributed by atoms with E-state index < -0.39 is 0 Å². The van der Waals surface area contributed by atoms with E-state index in [1.807, 2.05) is 24.3 Å². The SMILES string of the molecule is c1ccc(-c2nc(-c3cccc4c3sc3cccc(-c5nc(-c6ccccc6)c6sc7ccccc7c6n5)c34)nc(-c3cccc4sc5ccccc5c34)n2)cc1. The van der Waals surface area contributed by atoms with E-state index in [1.54, 1.807) is 34.0 Å². The zero-order valence-electron chi connectivity index (χ0n) is 30.0. The monoisotopic (exact) mass is 781 g/mol. The van der Waals surface area contributed by atoms with Crippen LogP contribution in [0.15, 0.2) is 164 Å². The number of aromatic nitrogens is 5. The zero-order valence-corrected chi connectivity index (χ0v) is 32.5. The van der Waals surface area contributed by atoms with Crippen LogP contribution < -0.4 is 0 Å². The molecule has 0 unspecified atom stereocenters. The maximum absolute atomic E-state index is 5.36. The Morgan fingerprint density at radius 2 is 0.789 bits per heavy atom. The van der Waals surface area contributed by atoms with Crippen molar-refractivity contribution in [1.29, 1.82) is 0 Å². The fourth-order valence-corrected chi connectivity index (χ4v) is 11.5. The fourth-order valence-electron chi connectivity index (χ4n) is 8.01. The lowest BCUT2D eigenvalue weighted by Crippen LogP contribution is -2.00. The average molecular weight is 782 g/mol. The van der Waals surface area contributed by atoms with Crippen molar-refractivity contribution in [2.45, 2.75) is 0 Å². The Labute approximate surface area is 338 Å². The molecule has 0 aliphatic carbocycles. The zero-order chi connectivity index (χ0) is 37.5. The Balaban J connectivity index is 1.10. The highest BCUT2D eigenvalue weighted by molar-refractivity contribution is 7.27. The minimum atomic E-state index is 0.642. The first-order valence-corrected chi connectivity index (χ1v) is 21.1. The van der Waals surface area contributed by atoms with Gasteiger partial charge in [0.2, 0.25) is 0 Å². The lowest BCUT2D eigenvalue weighted by molar-refractivity contribution is 1.08. The molecule has 0 saturated heterocycles. The molecule has 0 atom stereocenters. The van der Waals surface area contributed by atoms with Crippen LogP contribution in [0.1, 0.15) is 0 Å². The summed E-state index contributed by atoms with van der Waals surface area (Å²) in [6, 6.07) is 57.1. The normalized spacial score (nSPS) is 11.9. The van der Waals surface area contributed by atoms with E-state index in [0.717, 1.165) is 69.3 Å². The number of rotatable bonds is 5. The van der Waals surface area contributed by atoms with Crippen LogP contribution in [0.5, 0.6) is 0 Å². The summed E-state index contributed by atoms with van der Waals surface area (Å²) < 4.78 is 7.02. The van der Waals surface area contributed by atoms with E-state index in [9.17, 15) is 0 Å². The second kappa shape index (κ2) is 12.9. The summed E-state index contributed by atoms with van der Waals surface area (Å²) >= 11 is 5.31. The van der Waals surface area contributed by atoms with Gasteiger partial charge in [0.15, 0.2) is 23.3 Å². The van der Waals surface area contributed by atoms with Crippen LogP contribution in [0.3, 0.4) is 0 Å². The third-order valence-electron chi connectivity index (χ3n) is 10.6. The highest BCUT2D eigenvalue weighted by atomic mass is 32.1. The summed E-state index contributed by atoms with van der Waals surface area (Å²) in [5, 5.41) is 5.78. The van der Waals surface area contributed by atoms with Crippen molar-refractivity contribution in [1.82, 2.24) is 24.9 Å². The molecule has 0 spiro atoms. The molecule has 0 bridgehead atoms. The van der Waals surface area contributed by atoms with Gasteiger partial charge in [-0.3, -0.25) is 0 Å². The first-order chi connectivity index (χ1) is 28.2. The number of hydrogen-bond donors (Lipinski definition) is 0. The van der Waals surface area contributed by atoms with Crippen LogP contribution in [0.25, 0.3) is 117 Å². The summed E-state index contributed by atoms with van der Waals surface area (Å²) in [6.45, 7) is 0. The quantitative estimate of drug-likeness (QED) is 0.174. The fraction of sp³-hybridized carbons (Fsp3) is 0. The van der Waals surface area contributed by atoms with Gasteiger partial charge < -0.3 is 0 Å². The van der Waals surface area contributed by atoms with Crippen LogP contribution >= 0.6 is 34.0 Å². The Kier molecular flexibility index (Phi) is 7.38. The molecule has 0 aliphatic heterocycles. The second-order valence-electron chi connectivity index (χ2n) is 14.0. The van der Waals surface area contributed by atoms with Crippen molar-refractivity contribution in [2.75, 3.05) is 0 Å². The van der Waals surface area contributed by atoms with E-state index in [0.29, 0.717) is 23.3 Å². The average Bonchev–Trinajstić information content (AvgIpc) is 3.98. The van der Waals surface area contributed by atoms with Crippen molar-refractivity contribution >= 4 is 94.7 Å². The molecular weight excluding hydrogens is 755 g/mol. The highest BCUT2D eigenvalue weighted by Gasteiger charge is 2.22. The molecule has 12 rings (SSSR count). The number of fused-ring (bicyclic) bond motifs is 9. The molecule has 12 aromatic rings. The maximum Gasteiger partial charge on any atom is 0.165 e. The third kappa shape index (κ3) is 5.22. The van der Waals surface area contributed by atoms with Crippen molar-refractivity contribution in [3.05, 3.63) is 164 Å². The van der Waals surface area contributed by atoms with Crippen molar-refractivity contribution in [3.8, 4) is 56.8 Å². The van der Waals surface area contributed by atoms with Gasteiger partial charge in [0.05, 0.1) is 15.9 Å². The summed E-state index contributed by atoms with van der Waals surface area (Å²) in [5.74, 6) is 2.65. The minimum Gasteiger partial charge on any atom is -0.226 e. The van der Waals surface area contributed by atoms with E-state index in [-0.39, 0.29) is 0 Å². The van der Waals surface area contributed by atoms with Crippen LogP contribution in [0.4, 0.5) is 0 Å². The number of nitrogens with zero attached hydrogens (tertiary/aromatic N) is 5. The standard InChI is InChI=1S/C49H27N5S3/c1-3-14-28(15-4-1)42-45-43(31-19-8-10-25-37(31)56-45)51-47(50-42)34-22-13-27-39-41(34)32-20-11-23-35(44(32)57-39)49-53-46(29-16-5-2-6-17-29)52-48(54-49)33-21-12-26-38-40(33)30-18-7-9-24-36(30)55-38/h1-27H. The lowest BCUT2D eigenvalue weighted by Gasteiger charge is -2.10. The van der Waals surface area contributed by atoms with Crippen molar-refractivity contribution in [2.24, 2.45) is 0 Å². The molecule has 0 radical (unpaired) electrons. The first kappa shape index (κ1) is 32.5. The van der Waals surface area contributed by atoms with Crippen LogP contribution in [-0.2, 0) is 0 Å². The molecule has 57 heavy (non-hydrogen) atoms. The highest BCUT2D eigenvalue weighted by Crippen LogP contribution is 2.46. The number of benzene rings is 7. The van der Waals surface area contributed by atoms with Crippen molar-refractivity contribution in [3.63, 3.8) is 0 Å². The molecular formula is C49H27N5S3. The van der Waals surface area contributed by atoms with E-state index in [1.165, 1.54) is 24.9 Å². The Morgan fingerprint density at radius 3 is 1.54 bits per heavy atom. The molecule has 5 aromatic heterocycles. The van der Waals surface area contributed by atoms with Crippen LogP contribution in [0.2, 0.25) is 0 Å². The van der Waals surface area contributed by atoms with E-state index in [2.05, 4.69) is 140 Å². The molecule has 0 fully saturated rings. The summed E-state index contributed by atoms with van der Waals surface area (Å²) in [4.78, 5) is 26.4. The first-order valence-electron chi connectivity index (χ1n) is 18.7. The summed E-state index contributed by atoms with van der Waals surface area (Å²) in [7, 11) is 0. The summed E-state index contributed by atoms with van der Waals surface area (Å²) in [5.41, 5.74) is 6.92. The Bertz CT molecular complexity index is 3530. The largest absolute Gasteiger partial charge is 0.226 e. The van der Waals surface area contributed by atoms with Gasteiger partial charge in [-0.05, 0) is 30.3 Å². The Hall–Kier alpha value is -6.71. The second-order valence-corrected chi connectivity index (χ2v) is 17.1. The van der Waals surface area contributed by atoms with Gasteiger partial charge >= 0.3 is 0 Å². The van der Waals surface area contributed by atoms with Crippen molar-refractivity contribution < 1.29 is 0 Å². The predicted molar refractivity (Wildman–Crippen MR) is 241 cm³/mol. The van der Waals surface area contributed by atoms with E-state index in [4.69, 9.17) is 24.9 Å². The van der Waals surface area contributed by atoms with Gasteiger partial charge in [0.1, 0.15) is 0 Å². The topological polar surface area (TPSA) is 64.5 Å². The Morgan fingerprint density at radius 1 is 0.298 bits per heavy atom. The van der Waals surface area contributed by atoms with Crippen LogP contribution in [-0.4, -0.2) is 24.9 Å². The molecule has 0 N–H and O–H groups in total. The third-order valence-corrected chi connectivity index (χ3v) is 14.1. The smallest absolute Gasteiger partial charge is 0.165 e. The summed E-state index contributed by atoms with van der Waals surface area (Å²) in [6.07, 6.45) is 0. The lowest BCUT2D eigenvalue weighted by atomic mass is 10.0.